The van der Waals surface area contributed by atoms with Gasteiger partial charge in [0.15, 0.2) is 3.79 Å². The topological polar surface area (TPSA) is 0 Å². The van der Waals surface area contributed by atoms with Crippen molar-refractivity contribution in [1.82, 2.24) is 0 Å². The summed E-state index contributed by atoms with van der Waals surface area (Å²) in [4.78, 5) is 0. The Morgan fingerprint density at radius 3 is 2.10 bits per heavy atom. The van der Waals surface area contributed by atoms with E-state index >= 15 is 0 Å². The van der Waals surface area contributed by atoms with Gasteiger partial charge in [-0.1, -0.05) is 80.3 Å². The maximum Gasteiger partial charge on any atom is 0.193 e. The van der Waals surface area contributed by atoms with Crippen LogP contribution >= 0.6 is 34.8 Å². The zero-order chi connectivity index (χ0) is 14.6. The number of halogens is 3. The minimum atomic E-state index is -1.07. The van der Waals surface area contributed by atoms with Crippen LogP contribution in [0.1, 0.15) is 84.0 Å². The van der Waals surface area contributed by atoms with E-state index < -0.39 is 3.79 Å². The molecule has 0 heterocycles. The Morgan fingerprint density at radius 1 is 1.00 bits per heavy atom. The van der Waals surface area contributed by atoms with Gasteiger partial charge in [0, 0.05) is 5.92 Å². The Labute approximate surface area is 139 Å². The highest BCUT2D eigenvalue weighted by atomic mass is 35.6. The third kappa shape index (κ3) is 4.20. The van der Waals surface area contributed by atoms with Crippen LogP contribution in [0.25, 0.3) is 0 Å². The Balaban J connectivity index is 1.83. The van der Waals surface area contributed by atoms with Gasteiger partial charge in [0.05, 0.1) is 0 Å². The molecule has 0 radical (unpaired) electrons. The minimum Gasteiger partial charge on any atom is -0.0834 e. The van der Waals surface area contributed by atoms with Crippen molar-refractivity contribution in [3.63, 3.8) is 0 Å². The van der Waals surface area contributed by atoms with Gasteiger partial charge in [-0.2, -0.15) is 0 Å². The standard InChI is InChI=1S/C17H29Cl3/c1-2-3-4-5-6-7-8-15(17(18,19)20)16-11-9-14(13-16)10-12-16/h14-15H,2-13H2,1H3. The number of unbranched alkanes of at least 4 members (excludes halogenated alkanes) is 5. The van der Waals surface area contributed by atoms with E-state index in [9.17, 15) is 0 Å². The molecule has 2 aliphatic carbocycles. The van der Waals surface area contributed by atoms with E-state index in [2.05, 4.69) is 6.92 Å². The Bertz CT molecular complexity index is 287. The summed E-state index contributed by atoms with van der Waals surface area (Å²) in [7, 11) is 0. The van der Waals surface area contributed by atoms with Crippen molar-refractivity contribution in [3.8, 4) is 0 Å². The SMILES string of the molecule is CCCCCCCCC(C(Cl)(Cl)Cl)C12CCC(CC1)C2. The van der Waals surface area contributed by atoms with Gasteiger partial charge in [-0.05, 0) is 49.9 Å². The normalized spacial score (nSPS) is 30.9. The lowest BCUT2D eigenvalue weighted by atomic mass is 9.71. The lowest BCUT2D eigenvalue weighted by Crippen LogP contribution is -2.35. The maximum atomic E-state index is 6.36. The minimum absolute atomic E-state index is 0.277. The molecule has 0 N–H and O–H groups in total. The molecular formula is C17H29Cl3. The van der Waals surface area contributed by atoms with E-state index in [4.69, 9.17) is 34.8 Å². The smallest absolute Gasteiger partial charge is 0.0834 e. The van der Waals surface area contributed by atoms with Gasteiger partial charge in [-0.25, -0.2) is 0 Å². The van der Waals surface area contributed by atoms with Crippen molar-refractivity contribution >= 4 is 34.8 Å². The average Bonchev–Trinajstić information content (AvgIpc) is 2.97. The van der Waals surface area contributed by atoms with Gasteiger partial charge in [0.25, 0.3) is 0 Å². The molecule has 1 atom stereocenters. The number of fused-ring (bicyclic) bond motifs is 2. The van der Waals surface area contributed by atoms with Gasteiger partial charge in [-0.3, -0.25) is 0 Å². The first kappa shape index (κ1) is 17.2. The molecule has 118 valence electrons. The van der Waals surface area contributed by atoms with Crippen molar-refractivity contribution in [2.75, 3.05) is 0 Å². The summed E-state index contributed by atoms with van der Waals surface area (Å²) >= 11 is 19.1. The molecule has 0 amide bonds. The summed E-state index contributed by atoms with van der Waals surface area (Å²) in [5, 5.41) is 0. The fraction of sp³-hybridized carbons (Fsp3) is 1.00. The van der Waals surface area contributed by atoms with E-state index in [1.165, 1.54) is 70.6 Å². The molecule has 2 saturated carbocycles. The molecular weight excluding hydrogens is 311 g/mol. The van der Waals surface area contributed by atoms with E-state index in [0.29, 0.717) is 5.41 Å². The largest absolute Gasteiger partial charge is 0.193 e. The second-order valence-corrected chi connectivity index (χ2v) is 9.53. The van der Waals surface area contributed by atoms with Crippen LogP contribution in [-0.2, 0) is 0 Å². The number of rotatable bonds is 8. The highest BCUT2D eigenvalue weighted by molar-refractivity contribution is 6.67. The second kappa shape index (κ2) is 7.42. The molecule has 2 fully saturated rings. The Morgan fingerprint density at radius 2 is 1.60 bits per heavy atom. The second-order valence-electron chi connectivity index (χ2n) is 7.16. The third-order valence-corrected chi connectivity index (χ3v) is 6.57. The van der Waals surface area contributed by atoms with Crippen LogP contribution in [0, 0.1) is 17.3 Å². The zero-order valence-electron chi connectivity index (χ0n) is 12.8. The van der Waals surface area contributed by atoms with Crippen LogP contribution in [0.5, 0.6) is 0 Å². The van der Waals surface area contributed by atoms with Crippen molar-refractivity contribution in [2.45, 2.75) is 87.8 Å². The summed E-state index contributed by atoms with van der Waals surface area (Å²) < 4.78 is -1.07. The van der Waals surface area contributed by atoms with Crippen LogP contribution in [0.15, 0.2) is 0 Å². The number of hydrogen-bond acceptors (Lipinski definition) is 0. The molecule has 1 unspecified atom stereocenters. The molecule has 3 heteroatoms. The fourth-order valence-corrected chi connectivity index (χ4v) is 5.69. The summed E-state index contributed by atoms with van der Waals surface area (Å²) in [5.74, 6) is 1.20. The summed E-state index contributed by atoms with van der Waals surface area (Å²) in [6.07, 6.45) is 15.7. The number of hydrogen-bond donors (Lipinski definition) is 0. The molecule has 0 saturated heterocycles. The van der Waals surface area contributed by atoms with Gasteiger partial charge >= 0.3 is 0 Å². The average molecular weight is 340 g/mol. The van der Waals surface area contributed by atoms with E-state index in [1.54, 1.807) is 0 Å². The maximum absolute atomic E-state index is 6.36. The predicted molar refractivity (Wildman–Crippen MR) is 90.8 cm³/mol. The van der Waals surface area contributed by atoms with Gasteiger partial charge in [0.1, 0.15) is 0 Å². The Hall–Kier alpha value is 0.870. The third-order valence-electron chi connectivity index (χ3n) is 5.78. The Kier molecular flexibility index (Phi) is 6.40. The lowest BCUT2D eigenvalue weighted by molar-refractivity contribution is 0.156. The molecule has 0 aliphatic heterocycles. The monoisotopic (exact) mass is 338 g/mol. The molecule has 2 rings (SSSR count). The highest BCUT2D eigenvalue weighted by Gasteiger charge is 2.54. The van der Waals surface area contributed by atoms with E-state index in [-0.39, 0.29) is 5.92 Å². The van der Waals surface area contributed by atoms with Crippen molar-refractivity contribution in [1.29, 1.82) is 0 Å². The van der Waals surface area contributed by atoms with Crippen LogP contribution in [0.2, 0.25) is 0 Å². The quantitative estimate of drug-likeness (QED) is 0.321. The van der Waals surface area contributed by atoms with Gasteiger partial charge in [-0.15, -0.1) is 0 Å². The first-order valence-electron chi connectivity index (χ1n) is 8.55. The molecule has 0 spiro atoms. The van der Waals surface area contributed by atoms with Crippen LogP contribution < -0.4 is 0 Å². The molecule has 2 aliphatic rings. The summed E-state index contributed by atoms with van der Waals surface area (Å²) in [5.41, 5.74) is 0.360. The molecule has 0 aromatic carbocycles. The molecule has 0 nitrogen and oxygen atoms in total. The van der Waals surface area contributed by atoms with Gasteiger partial charge in [0.2, 0.25) is 0 Å². The predicted octanol–water partition coefficient (Wildman–Crippen LogP) is 7.30. The van der Waals surface area contributed by atoms with Crippen LogP contribution in [0.4, 0.5) is 0 Å². The van der Waals surface area contributed by atoms with Crippen LogP contribution in [-0.4, -0.2) is 3.79 Å². The van der Waals surface area contributed by atoms with Gasteiger partial charge < -0.3 is 0 Å². The van der Waals surface area contributed by atoms with E-state index in [0.717, 1.165) is 12.3 Å². The summed E-state index contributed by atoms with van der Waals surface area (Å²) in [6, 6.07) is 0. The lowest BCUT2D eigenvalue weighted by Gasteiger charge is -2.40. The molecule has 0 aromatic heterocycles. The molecule has 2 bridgehead atoms. The highest BCUT2D eigenvalue weighted by Crippen LogP contribution is 2.63. The molecule has 20 heavy (non-hydrogen) atoms. The van der Waals surface area contributed by atoms with Crippen molar-refractivity contribution < 1.29 is 0 Å². The summed E-state index contributed by atoms with van der Waals surface area (Å²) in [6.45, 7) is 2.26. The fourth-order valence-electron chi connectivity index (χ4n) is 4.67. The number of alkyl halides is 3. The first-order valence-corrected chi connectivity index (χ1v) is 9.68. The zero-order valence-corrected chi connectivity index (χ0v) is 15.0. The van der Waals surface area contributed by atoms with Crippen LogP contribution in [0.3, 0.4) is 0 Å². The first-order chi connectivity index (χ1) is 9.48. The molecule has 0 aromatic rings. The van der Waals surface area contributed by atoms with Crippen molar-refractivity contribution in [2.24, 2.45) is 17.3 Å². The van der Waals surface area contributed by atoms with E-state index in [1.807, 2.05) is 0 Å². The van der Waals surface area contributed by atoms with Crippen molar-refractivity contribution in [3.05, 3.63) is 0 Å².